The van der Waals surface area contributed by atoms with Crippen molar-refractivity contribution in [3.05, 3.63) is 12.7 Å². The van der Waals surface area contributed by atoms with Gasteiger partial charge in [-0.3, -0.25) is 4.79 Å². The van der Waals surface area contributed by atoms with Gasteiger partial charge in [-0.1, -0.05) is 18.9 Å². The van der Waals surface area contributed by atoms with Gasteiger partial charge in [0.05, 0.1) is 0 Å². The van der Waals surface area contributed by atoms with Crippen LogP contribution in [-0.2, 0) is 14.3 Å². The highest BCUT2D eigenvalue weighted by molar-refractivity contribution is 5.87. The fraction of sp³-hybridized carbons (Fsp3) is 0.714. The minimum Gasteiger partial charge on any atom is -0.459 e. The average molecular weight is 240 g/mol. The van der Waals surface area contributed by atoms with E-state index in [1.807, 2.05) is 6.08 Å². The van der Waals surface area contributed by atoms with Gasteiger partial charge in [0, 0.05) is 0 Å². The van der Waals surface area contributed by atoms with Crippen LogP contribution in [0.3, 0.4) is 0 Å². The van der Waals surface area contributed by atoms with E-state index in [0.29, 0.717) is 12.7 Å². The summed E-state index contributed by atoms with van der Waals surface area (Å²) in [4.78, 5) is 22.5. The smallest absolute Gasteiger partial charge is 0.316 e. The zero-order valence-corrected chi connectivity index (χ0v) is 11.2. The van der Waals surface area contributed by atoms with E-state index in [4.69, 9.17) is 4.74 Å². The number of carbonyl (C=O) groups excluding carboxylic acids is 2. The molecule has 0 saturated carbocycles. The van der Waals surface area contributed by atoms with Gasteiger partial charge >= 0.3 is 5.97 Å². The molecule has 0 rings (SSSR count). The van der Waals surface area contributed by atoms with Crippen LogP contribution >= 0.6 is 0 Å². The molecule has 0 fully saturated rings. The molecule has 0 aromatic heterocycles. The minimum atomic E-state index is -0.613. The third kappa shape index (κ3) is 8.66. The second-order valence-electron chi connectivity index (χ2n) is 5.20. The molecule has 0 aromatic rings. The predicted octanol–water partition coefficient (Wildman–Crippen LogP) is 3.28. The topological polar surface area (TPSA) is 43.4 Å². The Morgan fingerprint density at radius 3 is 2.41 bits per heavy atom. The van der Waals surface area contributed by atoms with Gasteiger partial charge in [0.2, 0.25) is 0 Å². The Kier molecular flexibility index (Phi) is 7.51. The van der Waals surface area contributed by atoms with Gasteiger partial charge in [-0.25, -0.2) is 0 Å². The Morgan fingerprint density at radius 1 is 1.29 bits per heavy atom. The monoisotopic (exact) mass is 240 g/mol. The lowest BCUT2D eigenvalue weighted by Gasteiger charge is -2.21. The van der Waals surface area contributed by atoms with Crippen molar-refractivity contribution in [3.63, 3.8) is 0 Å². The zero-order valence-electron chi connectivity index (χ0n) is 11.2. The van der Waals surface area contributed by atoms with Crippen molar-refractivity contribution in [2.45, 2.75) is 58.5 Å². The number of unbranched alkanes of at least 4 members (excludes halogenated alkanes) is 3. The van der Waals surface area contributed by atoms with Crippen molar-refractivity contribution >= 4 is 12.3 Å². The summed E-state index contributed by atoms with van der Waals surface area (Å²) in [5, 5.41) is 0. The van der Waals surface area contributed by atoms with Crippen LogP contribution in [0.1, 0.15) is 52.9 Å². The van der Waals surface area contributed by atoms with Crippen molar-refractivity contribution in [1.29, 1.82) is 0 Å². The Morgan fingerprint density at radius 2 is 1.94 bits per heavy atom. The normalized spacial score (nSPS) is 12.9. The number of aldehydes is 1. The van der Waals surface area contributed by atoms with Crippen LogP contribution in [0.5, 0.6) is 0 Å². The van der Waals surface area contributed by atoms with Crippen LogP contribution in [0.15, 0.2) is 12.7 Å². The lowest BCUT2D eigenvalue weighted by Crippen LogP contribution is -2.29. The lowest BCUT2D eigenvalue weighted by atomic mass is 10.0. The molecule has 1 atom stereocenters. The summed E-state index contributed by atoms with van der Waals surface area (Å²) >= 11 is 0. The molecule has 0 saturated heterocycles. The molecular weight excluding hydrogens is 216 g/mol. The maximum Gasteiger partial charge on any atom is 0.316 e. The molecule has 0 unspecified atom stereocenters. The molecule has 0 amide bonds. The summed E-state index contributed by atoms with van der Waals surface area (Å²) in [5.41, 5.74) is -0.527. The van der Waals surface area contributed by atoms with Gasteiger partial charge in [0.15, 0.2) is 0 Å². The Hall–Kier alpha value is -1.12. The highest BCUT2D eigenvalue weighted by Gasteiger charge is 2.24. The van der Waals surface area contributed by atoms with E-state index in [1.54, 1.807) is 20.8 Å². The lowest BCUT2D eigenvalue weighted by molar-refractivity contribution is -0.160. The van der Waals surface area contributed by atoms with Crippen molar-refractivity contribution in [2.75, 3.05) is 0 Å². The van der Waals surface area contributed by atoms with Crippen molar-refractivity contribution in [1.82, 2.24) is 0 Å². The number of ether oxygens (including phenoxy) is 1. The van der Waals surface area contributed by atoms with Gasteiger partial charge in [0.1, 0.15) is 17.8 Å². The molecule has 17 heavy (non-hydrogen) atoms. The number of allylic oxidation sites excluding steroid dienone is 1. The highest BCUT2D eigenvalue weighted by Crippen LogP contribution is 2.15. The van der Waals surface area contributed by atoms with Crippen molar-refractivity contribution in [2.24, 2.45) is 5.92 Å². The average Bonchev–Trinajstić information content (AvgIpc) is 2.20. The molecule has 0 bridgehead atoms. The maximum absolute atomic E-state index is 11.6. The quantitative estimate of drug-likeness (QED) is 0.215. The summed E-state index contributed by atoms with van der Waals surface area (Å²) in [6.07, 6.45) is 7.08. The number of hydrogen-bond donors (Lipinski definition) is 0. The molecule has 0 aliphatic heterocycles. The van der Waals surface area contributed by atoms with Gasteiger partial charge in [-0.15, -0.1) is 6.58 Å². The van der Waals surface area contributed by atoms with E-state index >= 15 is 0 Å². The first-order valence-corrected chi connectivity index (χ1v) is 6.19. The second-order valence-corrected chi connectivity index (χ2v) is 5.20. The summed E-state index contributed by atoms with van der Waals surface area (Å²) < 4.78 is 5.18. The van der Waals surface area contributed by atoms with Crippen LogP contribution in [0.25, 0.3) is 0 Å². The first kappa shape index (κ1) is 15.9. The fourth-order valence-electron chi connectivity index (χ4n) is 1.45. The Labute approximate surface area is 104 Å². The van der Waals surface area contributed by atoms with Gasteiger partial charge in [0.25, 0.3) is 0 Å². The minimum absolute atomic E-state index is 0.406. The fourth-order valence-corrected chi connectivity index (χ4v) is 1.45. The zero-order chi connectivity index (χ0) is 13.3. The summed E-state index contributed by atoms with van der Waals surface area (Å²) in [7, 11) is 0. The van der Waals surface area contributed by atoms with Crippen LogP contribution < -0.4 is 0 Å². The number of esters is 1. The molecule has 0 heterocycles. The third-order valence-corrected chi connectivity index (χ3v) is 2.30. The SMILES string of the molecule is C=CCCCCC[C@@H](C=O)C(=O)OC(C)(C)C. The number of hydrogen-bond acceptors (Lipinski definition) is 3. The molecule has 0 N–H and O–H groups in total. The van der Waals surface area contributed by atoms with Crippen LogP contribution in [-0.4, -0.2) is 17.9 Å². The predicted molar refractivity (Wildman–Crippen MR) is 68.7 cm³/mol. The standard InChI is InChI=1S/C14H24O3/c1-5-6-7-8-9-10-12(11-15)13(16)17-14(2,3)4/h5,11-12H,1,6-10H2,2-4H3/t12-/m0/s1. The van der Waals surface area contributed by atoms with E-state index < -0.39 is 17.5 Å². The van der Waals surface area contributed by atoms with E-state index in [0.717, 1.165) is 25.7 Å². The molecule has 3 nitrogen and oxygen atoms in total. The van der Waals surface area contributed by atoms with Gasteiger partial charge < -0.3 is 9.53 Å². The summed E-state index contributed by atoms with van der Waals surface area (Å²) in [5.74, 6) is -1.02. The first-order valence-electron chi connectivity index (χ1n) is 6.19. The van der Waals surface area contributed by atoms with E-state index in [2.05, 4.69) is 6.58 Å². The van der Waals surface area contributed by atoms with Gasteiger partial charge in [-0.2, -0.15) is 0 Å². The number of carbonyl (C=O) groups is 2. The highest BCUT2D eigenvalue weighted by atomic mass is 16.6. The number of rotatable bonds is 8. The van der Waals surface area contributed by atoms with Crippen LogP contribution in [0.4, 0.5) is 0 Å². The molecule has 0 radical (unpaired) electrons. The largest absolute Gasteiger partial charge is 0.459 e. The van der Waals surface area contributed by atoms with E-state index in [9.17, 15) is 9.59 Å². The molecule has 0 spiro atoms. The molecular formula is C14H24O3. The molecule has 98 valence electrons. The Balaban J connectivity index is 3.94. The summed E-state index contributed by atoms with van der Waals surface area (Å²) in [6.45, 7) is 9.06. The van der Waals surface area contributed by atoms with Crippen molar-refractivity contribution < 1.29 is 14.3 Å². The molecule has 0 aliphatic rings. The van der Waals surface area contributed by atoms with E-state index in [-0.39, 0.29) is 0 Å². The van der Waals surface area contributed by atoms with Crippen LogP contribution in [0, 0.1) is 5.92 Å². The van der Waals surface area contributed by atoms with Crippen molar-refractivity contribution in [3.8, 4) is 0 Å². The Bertz CT molecular complexity index is 251. The third-order valence-electron chi connectivity index (χ3n) is 2.30. The maximum atomic E-state index is 11.6. The van der Waals surface area contributed by atoms with E-state index in [1.165, 1.54) is 0 Å². The summed E-state index contributed by atoms with van der Waals surface area (Å²) in [6, 6.07) is 0. The van der Waals surface area contributed by atoms with Crippen LogP contribution in [0.2, 0.25) is 0 Å². The molecule has 0 aliphatic carbocycles. The molecule has 0 aromatic carbocycles. The second kappa shape index (κ2) is 8.04. The molecule has 3 heteroatoms. The first-order chi connectivity index (χ1) is 7.90. The van der Waals surface area contributed by atoms with Gasteiger partial charge in [-0.05, 0) is 40.0 Å².